The molecule has 0 spiro atoms. The fraction of sp³-hybridized carbons (Fsp3) is 0.0556. The minimum atomic E-state index is -0.00342. The Balaban J connectivity index is 1.30. The SMILES string of the molecule is c1ccc(-c2nc(-c3ccccc3)nc(C3Cc4ccc5sc(-c6ccccc6)nc5c4-c4ccccc43)n2)cc1. The van der Waals surface area contributed by atoms with Gasteiger partial charge < -0.3 is 0 Å². The topological polar surface area (TPSA) is 51.6 Å². The van der Waals surface area contributed by atoms with E-state index in [4.69, 9.17) is 19.9 Å². The lowest BCUT2D eigenvalue weighted by Crippen LogP contribution is -2.17. The van der Waals surface area contributed by atoms with Crippen molar-refractivity contribution in [1.82, 2.24) is 19.9 Å². The number of hydrogen-bond donors (Lipinski definition) is 0. The molecule has 0 fully saturated rings. The highest BCUT2D eigenvalue weighted by Gasteiger charge is 2.31. The van der Waals surface area contributed by atoms with Crippen molar-refractivity contribution < 1.29 is 0 Å². The van der Waals surface area contributed by atoms with Crippen molar-refractivity contribution in [1.29, 1.82) is 0 Å². The van der Waals surface area contributed by atoms with E-state index in [9.17, 15) is 0 Å². The van der Waals surface area contributed by atoms with E-state index >= 15 is 0 Å². The number of fused-ring (bicyclic) bond motifs is 5. The molecule has 0 N–H and O–H groups in total. The molecule has 7 aromatic rings. The van der Waals surface area contributed by atoms with Crippen LogP contribution in [-0.2, 0) is 6.42 Å². The van der Waals surface area contributed by atoms with Gasteiger partial charge in [0.2, 0.25) is 0 Å². The summed E-state index contributed by atoms with van der Waals surface area (Å²) in [5.74, 6) is 2.18. The molecule has 5 aromatic carbocycles. The monoisotopic (exact) mass is 544 g/mol. The number of rotatable bonds is 4. The summed E-state index contributed by atoms with van der Waals surface area (Å²) in [6.07, 6.45) is 0.799. The Labute approximate surface area is 242 Å². The normalized spacial score (nSPS) is 14.0. The molecule has 0 aliphatic heterocycles. The minimum Gasteiger partial charge on any atom is -0.235 e. The first-order valence-corrected chi connectivity index (χ1v) is 14.6. The van der Waals surface area contributed by atoms with E-state index in [1.165, 1.54) is 27.0 Å². The van der Waals surface area contributed by atoms with Crippen molar-refractivity contribution in [2.45, 2.75) is 12.3 Å². The average Bonchev–Trinajstić information content (AvgIpc) is 3.50. The summed E-state index contributed by atoms with van der Waals surface area (Å²) < 4.78 is 1.20. The van der Waals surface area contributed by atoms with Gasteiger partial charge in [0.25, 0.3) is 0 Å². The zero-order chi connectivity index (χ0) is 27.2. The molecule has 1 aliphatic carbocycles. The van der Waals surface area contributed by atoms with E-state index in [1.54, 1.807) is 11.3 Å². The van der Waals surface area contributed by atoms with Gasteiger partial charge in [0.15, 0.2) is 11.6 Å². The Bertz CT molecular complexity index is 1960. The zero-order valence-electron chi connectivity index (χ0n) is 22.1. The molecular formula is C36H24N4S. The lowest BCUT2D eigenvalue weighted by atomic mass is 9.78. The van der Waals surface area contributed by atoms with Crippen LogP contribution in [0.4, 0.5) is 0 Å². The van der Waals surface area contributed by atoms with Gasteiger partial charge in [0.05, 0.1) is 10.2 Å². The Kier molecular flexibility index (Phi) is 5.75. The molecule has 2 aromatic heterocycles. The Morgan fingerprint density at radius 2 is 1.12 bits per heavy atom. The van der Waals surface area contributed by atoms with Crippen molar-refractivity contribution >= 4 is 21.6 Å². The van der Waals surface area contributed by atoms with Crippen LogP contribution in [-0.4, -0.2) is 19.9 Å². The number of hydrogen-bond acceptors (Lipinski definition) is 5. The summed E-state index contributed by atoms with van der Waals surface area (Å²) in [6.45, 7) is 0. The first kappa shape index (κ1) is 23.9. The fourth-order valence-corrected chi connectivity index (χ4v) is 6.76. The molecular weight excluding hydrogens is 520 g/mol. The van der Waals surface area contributed by atoms with Crippen LogP contribution in [0.2, 0.25) is 0 Å². The highest BCUT2D eigenvalue weighted by molar-refractivity contribution is 7.21. The number of benzene rings is 5. The maximum absolute atomic E-state index is 5.18. The molecule has 1 atom stereocenters. The molecule has 1 aliphatic rings. The molecule has 41 heavy (non-hydrogen) atoms. The second-order valence-electron chi connectivity index (χ2n) is 10.2. The third kappa shape index (κ3) is 4.22. The van der Waals surface area contributed by atoms with Crippen LogP contribution >= 0.6 is 11.3 Å². The standard InChI is InChI=1S/C36H24N4S/c1-4-12-23(13-5-1)33-38-34(24-14-6-2-7-15-24)40-35(39-33)29-22-26-20-21-30-32(31(26)28-19-11-10-18-27(28)29)37-36(41-30)25-16-8-3-9-17-25/h1-21,29H,22H2. The molecule has 1 unspecified atom stereocenters. The van der Waals surface area contributed by atoms with Gasteiger partial charge in [0, 0.05) is 28.2 Å². The van der Waals surface area contributed by atoms with E-state index in [0.717, 1.165) is 39.5 Å². The van der Waals surface area contributed by atoms with E-state index in [-0.39, 0.29) is 5.92 Å². The number of nitrogens with zero attached hydrogens (tertiary/aromatic N) is 4. The quantitative estimate of drug-likeness (QED) is 0.222. The molecule has 0 saturated carbocycles. The summed E-state index contributed by atoms with van der Waals surface area (Å²) >= 11 is 1.75. The van der Waals surface area contributed by atoms with Crippen LogP contribution in [0.1, 0.15) is 22.9 Å². The second-order valence-corrected chi connectivity index (χ2v) is 11.3. The van der Waals surface area contributed by atoms with E-state index < -0.39 is 0 Å². The molecule has 4 nitrogen and oxygen atoms in total. The Hall–Kier alpha value is -5.00. The first-order chi connectivity index (χ1) is 20.3. The highest BCUT2D eigenvalue weighted by atomic mass is 32.1. The predicted octanol–water partition coefficient (Wildman–Crippen LogP) is 8.84. The molecule has 0 bridgehead atoms. The van der Waals surface area contributed by atoms with Crippen LogP contribution in [0, 0.1) is 0 Å². The predicted molar refractivity (Wildman–Crippen MR) is 167 cm³/mol. The molecule has 194 valence electrons. The second kappa shape index (κ2) is 9.88. The largest absolute Gasteiger partial charge is 0.235 e. The smallest absolute Gasteiger partial charge is 0.163 e. The summed E-state index contributed by atoms with van der Waals surface area (Å²) in [6, 6.07) is 44.0. The van der Waals surface area contributed by atoms with Crippen LogP contribution in [0.5, 0.6) is 0 Å². The van der Waals surface area contributed by atoms with Crippen molar-refractivity contribution in [3.8, 4) is 44.5 Å². The van der Waals surface area contributed by atoms with Crippen molar-refractivity contribution in [3.05, 3.63) is 144 Å². The average molecular weight is 545 g/mol. The van der Waals surface area contributed by atoms with Crippen molar-refractivity contribution in [3.63, 3.8) is 0 Å². The van der Waals surface area contributed by atoms with Gasteiger partial charge in [-0.15, -0.1) is 11.3 Å². The Morgan fingerprint density at radius 1 is 0.537 bits per heavy atom. The molecule has 5 heteroatoms. The highest BCUT2D eigenvalue weighted by Crippen LogP contribution is 2.46. The molecule has 8 rings (SSSR count). The lowest BCUT2D eigenvalue weighted by molar-refractivity contribution is 0.725. The third-order valence-electron chi connectivity index (χ3n) is 7.73. The molecule has 2 heterocycles. The maximum Gasteiger partial charge on any atom is 0.163 e. The number of aromatic nitrogens is 4. The lowest BCUT2D eigenvalue weighted by Gasteiger charge is -2.27. The first-order valence-electron chi connectivity index (χ1n) is 13.8. The summed E-state index contributed by atoms with van der Waals surface area (Å²) in [4.78, 5) is 20.3. The van der Waals surface area contributed by atoms with E-state index in [2.05, 4.69) is 84.9 Å². The van der Waals surface area contributed by atoms with E-state index in [0.29, 0.717) is 11.6 Å². The van der Waals surface area contributed by atoms with Crippen LogP contribution in [0.3, 0.4) is 0 Å². The number of thiazole rings is 1. The third-order valence-corrected chi connectivity index (χ3v) is 8.80. The van der Waals surface area contributed by atoms with Gasteiger partial charge in [-0.25, -0.2) is 19.9 Å². The van der Waals surface area contributed by atoms with Gasteiger partial charge in [0.1, 0.15) is 10.8 Å². The molecule has 0 amide bonds. The van der Waals surface area contributed by atoms with E-state index in [1.807, 2.05) is 42.5 Å². The van der Waals surface area contributed by atoms with Crippen LogP contribution in [0.15, 0.2) is 127 Å². The van der Waals surface area contributed by atoms with Gasteiger partial charge in [-0.3, -0.25) is 0 Å². The van der Waals surface area contributed by atoms with Gasteiger partial charge >= 0.3 is 0 Å². The summed E-state index contributed by atoms with van der Waals surface area (Å²) in [5.41, 5.74) is 9.12. The van der Waals surface area contributed by atoms with Gasteiger partial charge in [-0.05, 0) is 29.2 Å². The van der Waals surface area contributed by atoms with Crippen LogP contribution < -0.4 is 0 Å². The van der Waals surface area contributed by atoms with Crippen LogP contribution in [0.25, 0.3) is 54.7 Å². The maximum atomic E-state index is 5.18. The minimum absolute atomic E-state index is 0.00342. The summed E-state index contributed by atoms with van der Waals surface area (Å²) in [5, 5.41) is 1.05. The fourth-order valence-electron chi connectivity index (χ4n) is 5.78. The molecule has 0 radical (unpaired) electrons. The molecule has 0 saturated heterocycles. The van der Waals surface area contributed by atoms with Crippen molar-refractivity contribution in [2.75, 3.05) is 0 Å². The van der Waals surface area contributed by atoms with Gasteiger partial charge in [-0.2, -0.15) is 0 Å². The van der Waals surface area contributed by atoms with Gasteiger partial charge in [-0.1, -0.05) is 121 Å². The zero-order valence-corrected chi connectivity index (χ0v) is 22.9. The Morgan fingerprint density at radius 3 is 1.78 bits per heavy atom. The van der Waals surface area contributed by atoms with Crippen molar-refractivity contribution in [2.24, 2.45) is 0 Å². The summed E-state index contributed by atoms with van der Waals surface area (Å²) in [7, 11) is 0.